The van der Waals surface area contributed by atoms with E-state index in [1.54, 1.807) is 43.4 Å². The summed E-state index contributed by atoms with van der Waals surface area (Å²) in [6, 6.07) is 2.11. The van der Waals surface area contributed by atoms with E-state index in [4.69, 9.17) is 9.84 Å². The largest absolute Gasteiger partial charge is 0.478 e. The van der Waals surface area contributed by atoms with Crippen LogP contribution in [0.5, 0.6) is 0 Å². The summed E-state index contributed by atoms with van der Waals surface area (Å²) in [6.45, 7) is 4.96. The van der Waals surface area contributed by atoms with E-state index >= 15 is 0 Å². The molecule has 0 aliphatic carbocycles. The number of carboxylic acids is 1. The molecular weight excluding hydrogens is 395 g/mol. The highest BCUT2D eigenvalue weighted by molar-refractivity contribution is 14.1. The monoisotopic (exact) mass is 408 g/mol. The third kappa shape index (κ3) is 4.85. The Labute approximate surface area is 133 Å². The van der Waals surface area contributed by atoms with Crippen LogP contribution in [-0.2, 0) is 4.74 Å². The number of benzene rings is 1. The Morgan fingerprint density at radius 2 is 1.95 bits per heavy atom. The van der Waals surface area contributed by atoms with Gasteiger partial charge < -0.3 is 9.84 Å². The molecule has 21 heavy (non-hydrogen) atoms. The van der Waals surface area contributed by atoms with E-state index in [-0.39, 0.29) is 14.8 Å². The molecule has 0 saturated heterocycles. The lowest BCUT2D eigenvalue weighted by atomic mass is 10.1. The van der Waals surface area contributed by atoms with Crippen molar-refractivity contribution in [3.05, 3.63) is 31.4 Å². The number of nitrogens with zero attached hydrogens (tertiary/aromatic N) is 1. The number of carboxylic acid groups (broad SMARTS) is 1. The summed E-state index contributed by atoms with van der Waals surface area (Å²) in [5.41, 5.74) is -1.60. The molecule has 0 bridgehead atoms. The van der Waals surface area contributed by atoms with Crippen LogP contribution < -0.4 is 5.32 Å². The van der Waals surface area contributed by atoms with Crippen LogP contribution in [0, 0.1) is 13.7 Å². The standard InChI is InChI=1S/C12H13IN2O6/c1-12(2,3)21-11(18)14-9-7(13)4-6(10(16)17)5-8(9)15(19)20/h4-5H,1-3H3,(H,14,18)(H,16,17). The number of ether oxygens (including phenoxy) is 1. The molecular formula is C12H13IN2O6. The highest BCUT2D eigenvalue weighted by Crippen LogP contribution is 2.31. The van der Waals surface area contributed by atoms with Crippen LogP contribution in [0.25, 0.3) is 0 Å². The van der Waals surface area contributed by atoms with Crippen LogP contribution in [0.1, 0.15) is 31.1 Å². The number of aromatic carboxylic acids is 1. The average molecular weight is 408 g/mol. The molecule has 0 radical (unpaired) electrons. The van der Waals surface area contributed by atoms with E-state index in [0.717, 1.165) is 6.07 Å². The average Bonchev–Trinajstić information content (AvgIpc) is 2.28. The molecule has 1 amide bonds. The third-order valence-corrected chi connectivity index (χ3v) is 2.99. The van der Waals surface area contributed by atoms with Crippen LogP contribution in [0.2, 0.25) is 0 Å². The minimum atomic E-state index is -1.29. The van der Waals surface area contributed by atoms with Gasteiger partial charge in [0, 0.05) is 9.64 Å². The van der Waals surface area contributed by atoms with Gasteiger partial charge in [-0.1, -0.05) is 0 Å². The van der Waals surface area contributed by atoms with Gasteiger partial charge in [-0.3, -0.25) is 15.4 Å². The molecule has 0 fully saturated rings. The summed E-state index contributed by atoms with van der Waals surface area (Å²) in [6.07, 6.45) is -0.855. The first kappa shape index (κ1) is 17.1. The van der Waals surface area contributed by atoms with Crippen LogP contribution >= 0.6 is 22.6 Å². The molecule has 9 heteroatoms. The van der Waals surface area contributed by atoms with Gasteiger partial charge in [-0.25, -0.2) is 9.59 Å². The summed E-state index contributed by atoms with van der Waals surface area (Å²) in [5.74, 6) is -1.29. The molecule has 0 spiro atoms. The molecule has 0 heterocycles. The Balaban J connectivity index is 3.20. The van der Waals surface area contributed by atoms with Crippen LogP contribution in [0.4, 0.5) is 16.2 Å². The number of hydrogen-bond acceptors (Lipinski definition) is 5. The second-order valence-electron chi connectivity index (χ2n) is 5.04. The lowest BCUT2D eigenvalue weighted by molar-refractivity contribution is -0.384. The van der Waals surface area contributed by atoms with Crippen molar-refractivity contribution in [2.24, 2.45) is 0 Å². The molecule has 0 saturated carbocycles. The number of carbonyl (C=O) groups is 2. The maximum Gasteiger partial charge on any atom is 0.412 e. The molecule has 0 aliphatic rings. The smallest absolute Gasteiger partial charge is 0.412 e. The Morgan fingerprint density at radius 3 is 2.38 bits per heavy atom. The number of halogens is 1. The van der Waals surface area contributed by atoms with Gasteiger partial charge in [-0.15, -0.1) is 0 Å². The first-order valence-electron chi connectivity index (χ1n) is 5.72. The van der Waals surface area contributed by atoms with Gasteiger partial charge >= 0.3 is 12.1 Å². The van der Waals surface area contributed by atoms with Crippen molar-refractivity contribution in [2.45, 2.75) is 26.4 Å². The fourth-order valence-corrected chi connectivity index (χ4v) is 2.14. The van der Waals surface area contributed by atoms with E-state index in [1.807, 2.05) is 0 Å². The fourth-order valence-electron chi connectivity index (χ4n) is 1.39. The summed E-state index contributed by atoms with van der Waals surface area (Å²) in [4.78, 5) is 32.9. The number of nitro groups is 1. The molecule has 1 aromatic rings. The summed E-state index contributed by atoms with van der Waals surface area (Å²) in [5, 5.41) is 22.2. The lowest BCUT2D eigenvalue weighted by Crippen LogP contribution is -2.27. The number of anilines is 1. The topological polar surface area (TPSA) is 119 Å². The summed E-state index contributed by atoms with van der Waals surface area (Å²) < 4.78 is 5.24. The van der Waals surface area contributed by atoms with E-state index in [0.29, 0.717) is 0 Å². The zero-order valence-corrected chi connectivity index (χ0v) is 13.6. The van der Waals surface area contributed by atoms with Crippen molar-refractivity contribution in [3.8, 4) is 0 Å². The van der Waals surface area contributed by atoms with E-state index in [1.165, 1.54) is 6.07 Å². The zero-order chi connectivity index (χ0) is 16.4. The molecule has 8 nitrogen and oxygen atoms in total. The van der Waals surface area contributed by atoms with Crippen molar-refractivity contribution >= 4 is 46.0 Å². The Morgan fingerprint density at radius 1 is 1.38 bits per heavy atom. The van der Waals surface area contributed by atoms with E-state index in [9.17, 15) is 19.7 Å². The molecule has 0 aromatic heterocycles. The van der Waals surface area contributed by atoms with Crippen LogP contribution in [0.15, 0.2) is 12.1 Å². The van der Waals surface area contributed by atoms with Gasteiger partial charge in [0.25, 0.3) is 5.69 Å². The summed E-state index contributed by atoms with van der Waals surface area (Å²) in [7, 11) is 0. The number of hydrogen-bond donors (Lipinski definition) is 2. The van der Waals surface area contributed by atoms with Crippen molar-refractivity contribution < 1.29 is 24.4 Å². The first-order chi connectivity index (χ1) is 9.51. The second-order valence-corrected chi connectivity index (χ2v) is 6.20. The predicted molar refractivity (Wildman–Crippen MR) is 82.6 cm³/mol. The minimum Gasteiger partial charge on any atom is -0.478 e. The van der Waals surface area contributed by atoms with Gasteiger partial charge in [-0.05, 0) is 49.4 Å². The summed E-state index contributed by atoms with van der Waals surface area (Å²) >= 11 is 1.71. The molecule has 0 atom stereocenters. The second kappa shape index (κ2) is 6.24. The number of carbonyl (C=O) groups excluding carboxylic acids is 1. The number of nitro benzene ring substituents is 1. The third-order valence-electron chi connectivity index (χ3n) is 2.14. The molecule has 0 unspecified atom stereocenters. The van der Waals surface area contributed by atoms with E-state index in [2.05, 4.69) is 5.32 Å². The number of rotatable bonds is 3. The SMILES string of the molecule is CC(C)(C)OC(=O)Nc1c(I)cc(C(=O)O)cc1[N+](=O)[O-]. The molecule has 0 aliphatic heterocycles. The van der Waals surface area contributed by atoms with Gasteiger partial charge in [0.1, 0.15) is 11.3 Å². The predicted octanol–water partition coefficient (Wildman–Crippen LogP) is 3.24. The highest BCUT2D eigenvalue weighted by atomic mass is 127. The lowest BCUT2D eigenvalue weighted by Gasteiger charge is -2.20. The van der Waals surface area contributed by atoms with Crippen LogP contribution in [0.3, 0.4) is 0 Å². The van der Waals surface area contributed by atoms with Gasteiger partial charge in [0.2, 0.25) is 0 Å². The van der Waals surface area contributed by atoms with Crippen molar-refractivity contribution in [3.63, 3.8) is 0 Å². The normalized spacial score (nSPS) is 10.9. The molecule has 2 N–H and O–H groups in total. The van der Waals surface area contributed by atoms with Crippen molar-refractivity contribution in [1.29, 1.82) is 0 Å². The Bertz CT molecular complexity index is 609. The Hall–Kier alpha value is -1.91. The first-order valence-corrected chi connectivity index (χ1v) is 6.80. The molecule has 1 aromatic carbocycles. The van der Waals surface area contributed by atoms with Crippen LogP contribution in [-0.4, -0.2) is 27.7 Å². The molecule has 1 rings (SSSR count). The Kier molecular flexibility index (Phi) is 5.10. The highest BCUT2D eigenvalue weighted by Gasteiger charge is 2.24. The quantitative estimate of drug-likeness (QED) is 0.450. The molecule has 114 valence electrons. The van der Waals surface area contributed by atoms with Gasteiger partial charge in [0.05, 0.1) is 10.5 Å². The van der Waals surface area contributed by atoms with E-state index < -0.39 is 28.3 Å². The van der Waals surface area contributed by atoms with Crippen molar-refractivity contribution in [1.82, 2.24) is 0 Å². The number of nitrogens with one attached hydrogen (secondary N) is 1. The fraction of sp³-hybridized carbons (Fsp3) is 0.333. The maximum absolute atomic E-state index is 11.7. The maximum atomic E-state index is 11.7. The van der Waals surface area contributed by atoms with Gasteiger partial charge in [0.15, 0.2) is 0 Å². The number of amides is 1. The van der Waals surface area contributed by atoms with Crippen molar-refractivity contribution in [2.75, 3.05) is 5.32 Å². The minimum absolute atomic E-state index is 0.0974. The van der Waals surface area contributed by atoms with Gasteiger partial charge in [-0.2, -0.15) is 0 Å². The zero-order valence-electron chi connectivity index (χ0n) is 11.5.